The summed E-state index contributed by atoms with van der Waals surface area (Å²) in [4.78, 5) is 57.4. The predicted molar refractivity (Wildman–Crippen MR) is 159 cm³/mol. The maximum Gasteiger partial charge on any atom is 0.272 e. The second-order valence-corrected chi connectivity index (χ2v) is 10.4. The molecule has 234 valence electrons. The van der Waals surface area contributed by atoms with Crippen molar-refractivity contribution in [3.63, 3.8) is 0 Å². The first-order chi connectivity index (χ1) is 21.2. The van der Waals surface area contributed by atoms with Gasteiger partial charge in [-0.2, -0.15) is 0 Å². The molecule has 4 amide bonds. The second kappa shape index (κ2) is 15.0. The lowest BCUT2D eigenvalue weighted by molar-refractivity contribution is -0.129. The zero-order chi connectivity index (χ0) is 31.6. The normalized spacial score (nSPS) is 17.2. The molecule has 44 heavy (non-hydrogen) atoms. The molecular formula is C31H37FN6O6. The monoisotopic (exact) mass is 608 g/mol. The SMILES string of the molecule is CC[C@@H]1NC(=O)CCCN(C(=O)c2cncn2C)CCCNC(=O)c2ccc(OC)c(c2)Oc2ccc(cc2F)CNC1=O. The van der Waals surface area contributed by atoms with Crippen LogP contribution in [0.15, 0.2) is 48.9 Å². The highest BCUT2D eigenvalue weighted by Gasteiger charge is 2.22. The van der Waals surface area contributed by atoms with Crippen LogP contribution in [0.3, 0.4) is 0 Å². The number of hydrogen-bond acceptors (Lipinski definition) is 7. The Morgan fingerprint density at radius 3 is 2.59 bits per heavy atom. The molecule has 3 heterocycles. The molecule has 2 aliphatic heterocycles. The Balaban J connectivity index is 1.57. The minimum absolute atomic E-state index is 0.0342. The number of rotatable bonds is 3. The Hall–Kier alpha value is -4.94. The fourth-order valence-electron chi connectivity index (χ4n) is 4.73. The van der Waals surface area contributed by atoms with Crippen LogP contribution in [0.4, 0.5) is 4.39 Å². The zero-order valence-electron chi connectivity index (χ0n) is 25.0. The van der Waals surface area contributed by atoms with Crippen LogP contribution in [-0.4, -0.2) is 70.9 Å². The molecule has 0 saturated heterocycles. The average molecular weight is 609 g/mol. The van der Waals surface area contributed by atoms with Gasteiger partial charge in [0, 0.05) is 45.2 Å². The molecular weight excluding hydrogens is 571 g/mol. The average Bonchev–Trinajstić information content (AvgIpc) is 3.45. The first kappa shape index (κ1) is 32.0. The van der Waals surface area contributed by atoms with Gasteiger partial charge < -0.3 is 34.9 Å². The van der Waals surface area contributed by atoms with Crippen molar-refractivity contribution in [3.8, 4) is 17.2 Å². The largest absolute Gasteiger partial charge is 0.493 e. The summed E-state index contributed by atoms with van der Waals surface area (Å²) in [5, 5.41) is 8.32. The molecule has 1 aromatic heterocycles. The number of methoxy groups -OCH3 is 1. The van der Waals surface area contributed by atoms with Crippen LogP contribution in [0.2, 0.25) is 0 Å². The topological polar surface area (TPSA) is 144 Å². The lowest BCUT2D eigenvalue weighted by Gasteiger charge is -2.23. The van der Waals surface area contributed by atoms with E-state index in [4.69, 9.17) is 9.47 Å². The summed E-state index contributed by atoms with van der Waals surface area (Å²) in [7, 11) is 3.16. The van der Waals surface area contributed by atoms with Gasteiger partial charge in [0.2, 0.25) is 11.8 Å². The third-order valence-electron chi connectivity index (χ3n) is 7.21. The fourth-order valence-corrected chi connectivity index (χ4v) is 4.73. The van der Waals surface area contributed by atoms with Gasteiger partial charge in [-0.1, -0.05) is 13.0 Å². The van der Waals surface area contributed by atoms with E-state index in [1.807, 2.05) is 0 Å². The Morgan fingerprint density at radius 1 is 1.09 bits per heavy atom. The maximum atomic E-state index is 15.0. The van der Waals surface area contributed by atoms with Crippen molar-refractivity contribution in [2.75, 3.05) is 26.7 Å². The molecule has 0 saturated carbocycles. The van der Waals surface area contributed by atoms with E-state index in [-0.39, 0.29) is 60.8 Å². The molecule has 12 nitrogen and oxygen atoms in total. The van der Waals surface area contributed by atoms with Crippen molar-refractivity contribution < 1.29 is 33.0 Å². The van der Waals surface area contributed by atoms with E-state index in [9.17, 15) is 19.2 Å². The van der Waals surface area contributed by atoms with Crippen molar-refractivity contribution in [3.05, 3.63) is 71.6 Å². The predicted octanol–water partition coefficient (Wildman–Crippen LogP) is 2.93. The van der Waals surface area contributed by atoms with Crippen molar-refractivity contribution in [2.45, 2.75) is 45.2 Å². The number of carbonyl (C=O) groups is 4. The highest BCUT2D eigenvalue weighted by atomic mass is 19.1. The number of ether oxygens (including phenoxy) is 2. The second-order valence-electron chi connectivity index (χ2n) is 10.4. The number of fused-ring (bicyclic) bond motifs is 16. The van der Waals surface area contributed by atoms with Crippen LogP contribution in [0.25, 0.3) is 0 Å². The molecule has 2 aromatic carbocycles. The molecule has 13 heteroatoms. The smallest absolute Gasteiger partial charge is 0.272 e. The summed E-state index contributed by atoms with van der Waals surface area (Å²) < 4.78 is 27.8. The van der Waals surface area contributed by atoms with Crippen LogP contribution >= 0.6 is 0 Å². The summed E-state index contributed by atoms with van der Waals surface area (Å²) in [5.74, 6) is -1.66. The molecule has 5 rings (SSSR count). The van der Waals surface area contributed by atoms with Gasteiger partial charge in [0.05, 0.1) is 19.6 Å². The highest BCUT2D eigenvalue weighted by molar-refractivity contribution is 5.95. The standard InChI is InChI=1S/C31H37FN6O6/c1-4-23-30(41)35-17-20-8-10-25(22(32)15-20)44-27-16-21(9-11-26(27)43-3)29(40)34-12-6-14-38(13-5-7-28(39)36-23)31(42)24-18-33-19-37(24)2/h8-11,15-16,18-19,23H,4-7,12-14,17H2,1-3H3,(H,34,40)(H,35,41)(H,36,39)/t23-/m0/s1. The van der Waals surface area contributed by atoms with Crippen LogP contribution in [0, 0.1) is 5.82 Å². The van der Waals surface area contributed by atoms with Crippen LogP contribution in [0.5, 0.6) is 17.2 Å². The molecule has 0 spiro atoms. The zero-order valence-corrected chi connectivity index (χ0v) is 25.0. The van der Waals surface area contributed by atoms with E-state index in [2.05, 4.69) is 20.9 Å². The van der Waals surface area contributed by atoms with Gasteiger partial charge >= 0.3 is 0 Å². The number of hydrogen-bond donors (Lipinski definition) is 3. The van der Waals surface area contributed by atoms with Gasteiger partial charge in [0.1, 0.15) is 11.7 Å². The number of benzene rings is 2. The van der Waals surface area contributed by atoms with E-state index in [0.717, 1.165) is 0 Å². The number of halogens is 1. The van der Waals surface area contributed by atoms with E-state index in [1.165, 1.54) is 37.8 Å². The van der Waals surface area contributed by atoms with Crippen LogP contribution < -0.4 is 25.4 Å². The van der Waals surface area contributed by atoms with E-state index >= 15 is 4.39 Å². The third-order valence-corrected chi connectivity index (χ3v) is 7.21. The Labute approximate surface area is 254 Å². The number of aromatic nitrogens is 2. The van der Waals surface area contributed by atoms with E-state index in [0.29, 0.717) is 42.8 Å². The molecule has 0 radical (unpaired) electrons. The first-order valence-electron chi connectivity index (χ1n) is 14.4. The van der Waals surface area contributed by atoms with Gasteiger partial charge in [0.25, 0.3) is 11.8 Å². The van der Waals surface area contributed by atoms with Crippen LogP contribution in [0.1, 0.15) is 59.0 Å². The Bertz CT molecular complexity index is 1510. The van der Waals surface area contributed by atoms with Gasteiger partial charge in [-0.3, -0.25) is 19.2 Å². The number of amides is 4. The third kappa shape index (κ3) is 8.12. The summed E-state index contributed by atoms with van der Waals surface area (Å²) in [5.41, 5.74) is 1.16. The number of aryl methyl sites for hydroxylation is 1. The summed E-state index contributed by atoms with van der Waals surface area (Å²) in [6.45, 7) is 2.68. The van der Waals surface area contributed by atoms with E-state index in [1.54, 1.807) is 41.6 Å². The lowest BCUT2D eigenvalue weighted by atomic mass is 10.1. The number of imidazole rings is 1. The maximum absolute atomic E-state index is 15.0. The minimum atomic E-state index is -0.771. The lowest BCUT2D eigenvalue weighted by Crippen LogP contribution is -2.46. The highest BCUT2D eigenvalue weighted by Crippen LogP contribution is 2.34. The van der Waals surface area contributed by atoms with E-state index < -0.39 is 17.8 Å². The van der Waals surface area contributed by atoms with Crippen molar-refractivity contribution in [2.24, 2.45) is 7.05 Å². The Kier molecular flexibility index (Phi) is 10.9. The number of nitrogens with zero attached hydrogens (tertiary/aromatic N) is 3. The quantitative estimate of drug-likeness (QED) is 0.415. The van der Waals surface area contributed by atoms with Crippen LogP contribution in [-0.2, 0) is 23.2 Å². The number of nitrogens with one attached hydrogen (secondary N) is 3. The van der Waals surface area contributed by atoms with Crippen molar-refractivity contribution >= 4 is 23.6 Å². The summed E-state index contributed by atoms with van der Waals surface area (Å²) >= 11 is 0. The molecule has 1 atom stereocenters. The molecule has 0 unspecified atom stereocenters. The number of carbonyl (C=O) groups excluding carboxylic acids is 4. The van der Waals surface area contributed by atoms with Gasteiger partial charge in [-0.05, 0) is 55.2 Å². The van der Waals surface area contributed by atoms with Crippen molar-refractivity contribution in [1.82, 2.24) is 30.4 Å². The van der Waals surface area contributed by atoms with Crippen molar-refractivity contribution in [1.29, 1.82) is 0 Å². The molecule has 3 aromatic rings. The Morgan fingerprint density at radius 2 is 1.89 bits per heavy atom. The molecule has 2 aliphatic rings. The molecule has 0 fully saturated rings. The summed E-state index contributed by atoms with van der Waals surface area (Å²) in [6, 6.07) is 8.09. The van der Waals surface area contributed by atoms with Gasteiger partial charge in [0.15, 0.2) is 23.1 Å². The summed E-state index contributed by atoms with van der Waals surface area (Å²) in [6.07, 6.45) is 4.27. The fraction of sp³-hybridized carbons (Fsp3) is 0.387. The van der Waals surface area contributed by atoms with Gasteiger partial charge in [-0.15, -0.1) is 0 Å². The minimum Gasteiger partial charge on any atom is -0.493 e. The first-order valence-corrected chi connectivity index (χ1v) is 14.4. The molecule has 3 N–H and O–H groups in total. The van der Waals surface area contributed by atoms with Gasteiger partial charge in [-0.25, -0.2) is 9.37 Å². The molecule has 4 bridgehead atoms. The molecule has 0 aliphatic carbocycles.